The van der Waals surface area contributed by atoms with Gasteiger partial charge in [0.15, 0.2) is 9.84 Å². The highest BCUT2D eigenvalue weighted by Crippen LogP contribution is 2.23. The van der Waals surface area contributed by atoms with Crippen LogP contribution in [0.25, 0.3) is 0 Å². The molecule has 0 aliphatic rings. The predicted octanol–water partition coefficient (Wildman–Crippen LogP) is 0.946. The summed E-state index contributed by atoms with van der Waals surface area (Å²) in [5, 5.41) is 3.97. The molecule has 92 valence electrons. The smallest absolute Gasteiger partial charge is 0.154 e. The Morgan fingerprint density at radius 1 is 1.56 bits per heavy atom. The van der Waals surface area contributed by atoms with E-state index in [4.69, 9.17) is 5.84 Å². The SMILES string of the molecule is CC(C)(C(Cc1ccsc1)NN)S(C)(=O)=O. The van der Waals surface area contributed by atoms with Crippen LogP contribution in [-0.4, -0.2) is 25.5 Å². The molecular weight excluding hydrogens is 244 g/mol. The molecule has 0 amide bonds. The first-order chi connectivity index (χ1) is 7.29. The molecule has 1 unspecified atom stereocenters. The summed E-state index contributed by atoms with van der Waals surface area (Å²) >= 11 is 1.59. The highest BCUT2D eigenvalue weighted by molar-refractivity contribution is 7.92. The van der Waals surface area contributed by atoms with Crippen molar-refractivity contribution in [1.29, 1.82) is 0 Å². The molecule has 0 bridgehead atoms. The van der Waals surface area contributed by atoms with Crippen molar-refractivity contribution in [2.75, 3.05) is 6.26 Å². The van der Waals surface area contributed by atoms with Crippen LogP contribution in [0.15, 0.2) is 16.8 Å². The second kappa shape index (κ2) is 4.83. The Bertz CT molecular complexity index is 424. The molecule has 1 rings (SSSR count). The molecule has 1 aromatic heterocycles. The lowest BCUT2D eigenvalue weighted by atomic mass is 9.97. The van der Waals surface area contributed by atoms with Gasteiger partial charge < -0.3 is 0 Å². The Kier molecular flexibility index (Phi) is 4.12. The number of thiophene rings is 1. The van der Waals surface area contributed by atoms with Gasteiger partial charge in [-0.15, -0.1) is 0 Å². The number of sulfone groups is 1. The van der Waals surface area contributed by atoms with E-state index < -0.39 is 14.6 Å². The average Bonchev–Trinajstić information content (AvgIpc) is 2.64. The zero-order valence-electron chi connectivity index (χ0n) is 9.73. The lowest BCUT2D eigenvalue weighted by molar-refractivity contribution is 0.413. The van der Waals surface area contributed by atoms with Gasteiger partial charge in [0.05, 0.1) is 4.75 Å². The second-order valence-electron chi connectivity index (χ2n) is 4.43. The minimum Gasteiger partial charge on any atom is -0.271 e. The Morgan fingerprint density at radius 3 is 2.56 bits per heavy atom. The lowest BCUT2D eigenvalue weighted by Gasteiger charge is -2.31. The largest absolute Gasteiger partial charge is 0.271 e. The van der Waals surface area contributed by atoms with Crippen molar-refractivity contribution in [2.24, 2.45) is 5.84 Å². The van der Waals surface area contributed by atoms with Gasteiger partial charge in [0.1, 0.15) is 0 Å². The van der Waals surface area contributed by atoms with Gasteiger partial charge >= 0.3 is 0 Å². The molecule has 0 aromatic carbocycles. The summed E-state index contributed by atoms with van der Waals surface area (Å²) in [6.07, 6.45) is 1.85. The molecule has 0 radical (unpaired) electrons. The maximum atomic E-state index is 11.7. The minimum atomic E-state index is -3.16. The van der Waals surface area contributed by atoms with Crippen LogP contribution in [0.3, 0.4) is 0 Å². The lowest BCUT2D eigenvalue weighted by Crippen LogP contribution is -2.55. The zero-order chi connectivity index (χ0) is 12.4. The van der Waals surface area contributed by atoms with Crippen LogP contribution in [0.5, 0.6) is 0 Å². The van der Waals surface area contributed by atoms with E-state index in [2.05, 4.69) is 5.43 Å². The number of nitrogens with one attached hydrogen (secondary N) is 1. The van der Waals surface area contributed by atoms with Crippen molar-refractivity contribution >= 4 is 21.2 Å². The van der Waals surface area contributed by atoms with Crippen LogP contribution in [0.2, 0.25) is 0 Å². The summed E-state index contributed by atoms with van der Waals surface area (Å²) in [5.74, 6) is 5.46. The van der Waals surface area contributed by atoms with E-state index in [1.807, 2.05) is 16.8 Å². The summed E-state index contributed by atoms with van der Waals surface area (Å²) in [5.41, 5.74) is 3.71. The molecule has 1 atom stereocenters. The predicted molar refractivity (Wildman–Crippen MR) is 68.1 cm³/mol. The Balaban J connectivity index is 2.91. The highest BCUT2D eigenvalue weighted by atomic mass is 32.2. The van der Waals surface area contributed by atoms with Crippen LogP contribution in [0, 0.1) is 0 Å². The molecule has 0 fully saturated rings. The number of nitrogens with two attached hydrogens (primary N) is 1. The van der Waals surface area contributed by atoms with E-state index in [0.717, 1.165) is 5.56 Å². The third-order valence-corrected chi connectivity index (χ3v) is 5.94. The first kappa shape index (κ1) is 13.6. The topological polar surface area (TPSA) is 72.2 Å². The molecule has 0 saturated carbocycles. The highest BCUT2D eigenvalue weighted by Gasteiger charge is 2.38. The summed E-state index contributed by atoms with van der Waals surface area (Å²) in [6, 6.07) is 1.69. The van der Waals surface area contributed by atoms with Crippen LogP contribution < -0.4 is 11.3 Å². The Labute approximate surface area is 101 Å². The third-order valence-electron chi connectivity index (χ3n) is 3.02. The third kappa shape index (κ3) is 2.82. The summed E-state index contributed by atoms with van der Waals surface area (Å²) < 4.78 is 22.5. The molecular formula is C10H18N2O2S2. The van der Waals surface area contributed by atoms with E-state index in [1.165, 1.54) is 6.26 Å². The van der Waals surface area contributed by atoms with Gasteiger partial charge in [0.25, 0.3) is 0 Å². The van der Waals surface area contributed by atoms with Crippen LogP contribution in [0.4, 0.5) is 0 Å². The fraction of sp³-hybridized carbons (Fsp3) is 0.600. The van der Waals surface area contributed by atoms with Crippen LogP contribution in [-0.2, 0) is 16.3 Å². The number of hydrazine groups is 1. The van der Waals surface area contributed by atoms with E-state index in [1.54, 1.807) is 25.2 Å². The summed E-state index contributed by atoms with van der Waals surface area (Å²) in [6.45, 7) is 3.39. The molecule has 1 aromatic rings. The molecule has 0 saturated heterocycles. The van der Waals surface area contributed by atoms with Gasteiger partial charge in [-0.05, 0) is 42.7 Å². The van der Waals surface area contributed by atoms with Gasteiger partial charge in [0.2, 0.25) is 0 Å². The van der Waals surface area contributed by atoms with E-state index in [9.17, 15) is 8.42 Å². The first-order valence-corrected chi connectivity index (χ1v) is 7.79. The molecule has 0 spiro atoms. The van der Waals surface area contributed by atoms with Gasteiger partial charge in [-0.1, -0.05) is 0 Å². The van der Waals surface area contributed by atoms with Crippen LogP contribution >= 0.6 is 11.3 Å². The number of hydrogen-bond donors (Lipinski definition) is 2. The fourth-order valence-corrected chi connectivity index (χ4v) is 2.76. The van der Waals surface area contributed by atoms with Gasteiger partial charge in [-0.3, -0.25) is 11.3 Å². The second-order valence-corrected chi connectivity index (χ2v) is 7.81. The Hall–Kier alpha value is -0.430. The normalized spacial score (nSPS) is 15.0. The van der Waals surface area contributed by atoms with Crippen molar-refractivity contribution in [3.8, 4) is 0 Å². The van der Waals surface area contributed by atoms with Crippen molar-refractivity contribution in [3.63, 3.8) is 0 Å². The van der Waals surface area contributed by atoms with E-state index in [0.29, 0.717) is 6.42 Å². The van der Waals surface area contributed by atoms with E-state index >= 15 is 0 Å². The minimum absolute atomic E-state index is 0.294. The van der Waals surface area contributed by atoms with Crippen molar-refractivity contribution in [1.82, 2.24) is 5.43 Å². The van der Waals surface area contributed by atoms with E-state index in [-0.39, 0.29) is 6.04 Å². The summed E-state index contributed by atoms with van der Waals surface area (Å²) in [4.78, 5) is 0. The Morgan fingerprint density at radius 2 is 2.19 bits per heavy atom. The molecule has 3 N–H and O–H groups in total. The van der Waals surface area contributed by atoms with Crippen LogP contribution in [0.1, 0.15) is 19.4 Å². The first-order valence-electron chi connectivity index (χ1n) is 4.96. The summed E-state index contributed by atoms with van der Waals surface area (Å²) in [7, 11) is -3.16. The standard InChI is InChI=1S/C10H18N2O2S2/c1-10(2,16(3,13)14)9(12-11)6-8-4-5-15-7-8/h4-5,7,9,12H,6,11H2,1-3H3. The fourth-order valence-electron chi connectivity index (χ4n) is 1.41. The molecule has 1 heterocycles. The zero-order valence-corrected chi connectivity index (χ0v) is 11.4. The molecule has 16 heavy (non-hydrogen) atoms. The molecule has 0 aliphatic carbocycles. The maximum absolute atomic E-state index is 11.7. The van der Waals surface area contributed by atoms with Crippen molar-refractivity contribution in [3.05, 3.63) is 22.4 Å². The average molecular weight is 262 g/mol. The molecule has 6 heteroatoms. The van der Waals surface area contributed by atoms with Gasteiger partial charge in [0, 0.05) is 12.3 Å². The molecule has 0 aliphatic heterocycles. The van der Waals surface area contributed by atoms with Crippen molar-refractivity contribution < 1.29 is 8.42 Å². The molecule has 4 nitrogen and oxygen atoms in total. The number of hydrogen-bond acceptors (Lipinski definition) is 5. The maximum Gasteiger partial charge on any atom is 0.154 e. The van der Waals surface area contributed by atoms with Gasteiger partial charge in [-0.25, -0.2) is 8.42 Å². The van der Waals surface area contributed by atoms with Gasteiger partial charge in [-0.2, -0.15) is 11.3 Å². The van der Waals surface area contributed by atoms with Crippen molar-refractivity contribution in [2.45, 2.75) is 31.1 Å². The monoisotopic (exact) mass is 262 g/mol. The quantitative estimate of drug-likeness (QED) is 0.612. The number of rotatable bonds is 5.